The van der Waals surface area contributed by atoms with Crippen LogP contribution in [0.4, 0.5) is 5.82 Å². The van der Waals surface area contributed by atoms with Crippen LogP contribution in [0.3, 0.4) is 0 Å². The maximum atomic E-state index is 5.05. The van der Waals surface area contributed by atoms with Gasteiger partial charge in [0.25, 0.3) is 0 Å². The van der Waals surface area contributed by atoms with Crippen LogP contribution in [0.15, 0.2) is 6.07 Å². The largest absolute Gasteiger partial charge is 0.385 e. The Morgan fingerprint density at radius 3 is 2.71 bits per heavy atom. The zero-order valence-electron chi connectivity index (χ0n) is 11.3. The van der Waals surface area contributed by atoms with E-state index in [1.54, 1.807) is 7.11 Å². The fourth-order valence-electron chi connectivity index (χ4n) is 1.57. The first kappa shape index (κ1) is 13.9. The third kappa shape index (κ3) is 4.69. The minimum atomic E-state index is 0.427. The van der Waals surface area contributed by atoms with Gasteiger partial charge in [-0.1, -0.05) is 13.8 Å². The van der Waals surface area contributed by atoms with Crippen molar-refractivity contribution in [2.24, 2.45) is 0 Å². The van der Waals surface area contributed by atoms with Crippen molar-refractivity contribution < 1.29 is 4.74 Å². The fraction of sp³-hybridized carbons (Fsp3) is 0.692. The van der Waals surface area contributed by atoms with Crippen molar-refractivity contribution in [3.8, 4) is 0 Å². The summed E-state index contributed by atoms with van der Waals surface area (Å²) in [4.78, 5) is 9.08. The van der Waals surface area contributed by atoms with E-state index in [0.717, 1.165) is 43.3 Å². The van der Waals surface area contributed by atoms with E-state index < -0.39 is 0 Å². The summed E-state index contributed by atoms with van der Waals surface area (Å²) in [6.45, 7) is 8.01. The van der Waals surface area contributed by atoms with E-state index in [4.69, 9.17) is 4.74 Å². The Hall–Kier alpha value is -1.16. The molecule has 0 fully saturated rings. The molecule has 0 atom stereocenters. The molecule has 0 spiro atoms. The van der Waals surface area contributed by atoms with Gasteiger partial charge in [0.2, 0.25) is 0 Å². The molecule has 1 aromatic rings. The van der Waals surface area contributed by atoms with Gasteiger partial charge < -0.3 is 10.1 Å². The molecule has 0 radical (unpaired) electrons. The van der Waals surface area contributed by atoms with Gasteiger partial charge in [-0.05, 0) is 19.3 Å². The van der Waals surface area contributed by atoms with Crippen LogP contribution in [0, 0.1) is 0 Å². The van der Waals surface area contributed by atoms with Gasteiger partial charge in [-0.3, -0.25) is 0 Å². The van der Waals surface area contributed by atoms with Gasteiger partial charge in [0.15, 0.2) is 0 Å². The number of ether oxygens (including phenoxy) is 1. The molecule has 96 valence electrons. The predicted molar refractivity (Wildman–Crippen MR) is 70.5 cm³/mol. The molecule has 4 heteroatoms. The Morgan fingerprint density at radius 2 is 2.12 bits per heavy atom. The van der Waals surface area contributed by atoms with Crippen LogP contribution in [0.5, 0.6) is 0 Å². The van der Waals surface area contributed by atoms with Crippen LogP contribution in [-0.4, -0.2) is 30.2 Å². The van der Waals surface area contributed by atoms with Crippen LogP contribution in [0.1, 0.15) is 44.6 Å². The first-order valence-corrected chi connectivity index (χ1v) is 6.28. The zero-order valence-corrected chi connectivity index (χ0v) is 11.3. The molecule has 1 heterocycles. The molecule has 4 nitrogen and oxygen atoms in total. The van der Waals surface area contributed by atoms with Crippen LogP contribution in [0.2, 0.25) is 0 Å². The topological polar surface area (TPSA) is 47.0 Å². The summed E-state index contributed by atoms with van der Waals surface area (Å²) >= 11 is 0. The SMILES string of the molecule is CCNc1cc(C(C)C)nc(CCCOC)n1. The van der Waals surface area contributed by atoms with E-state index in [1.807, 2.05) is 6.07 Å². The van der Waals surface area contributed by atoms with Crippen LogP contribution >= 0.6 is 0 Å². The molecule has 0 unspecified atom stereocenters. The summed E-state index contributed by atoms with van der Waals surface area (Å²) < 4.78 is 5.05. The first-order chi connectivity index (χ1) is 8.17. The van der Waals surface area contributed by atoms with Gasteiger partial charge in [-0.15, -0.1) is 0 Å². The van der Waals surface area contributed by atoms with Gasteiger partial charge in [0.05, 0.1) is 0 Å². The Bertz CT molecular complexity index is 339. The van der Waals surface area contributed by atoms with Crippen LogP contribution < -0.4 is 5.32 Å². The van der Waals surface area contributed by atoms with Gasteiger partial charge in [0.1, 0.15) is 11.6 Å². The van der Waals surface area contributed by atoms with Crippen molar-refractivity contribution in [2.45, 2.75) is 39.5 Å². The summed E-state index contributed by atoms with van der Waals surface area (Å²) in [5, 5.41) is 3.25. The van der Waals surface area contributed by atoms with E-state index in [-0.39, 0.29) is 0 Å². The van der Waals surface area contributed by atoms with Gasteiger partial charge in [-0.25, -0.2) is 9.97 Å². The number of methoxy groups -OCH3 is 1. The zero-order chi connectivity index (χ0) is 12.7. The average Bonchev–Trinajstić information content (AvgIpc) is 2.29. The summed E-state index contributed by atoms with van der Waals surface area (Å²) in [5.74, 6) is 2.26. The molecular formula is C13H23N3O. The summed E-state index contributed by atoms with van der Waals surface area (Å²) in [6, 6.07) is 2.04. The Labute approximate surface area is 104 Å². The normalized spacial score (nSPS) is 10.9. The second-order valence-corrected chi connectivity index (χ2v) is 4.38. The molecule has 0 amide bonds. The Morgan fingerprint density at radius 1 is 1.35 bits per heavy atom. The van der Waals surface area contributed by atoms with Crippen molar-refractivity contribution in [1.82, 2.24) is 9.97 Å². The molecular weight excluding hydrogens is 214 g/mol. The molecule has 1 aromatic heterocycles. The van der Waals surface area contributed by atoms with Crippen LogP contribution in [0.25, 0.3) is 0 Å². The second-order valence-electron chi connectivity index (χ2n) is 4.38. The lowest BCUT2D eigenvalue weighted by Gasteiger charge is -2.10. The lowest BCUT2D eigenvalue weighted by Crippen LogP contribution is -2.07. The molecule has 0 aliphatic heterocycles. The van der Waals surface area contributed by atoms with E-state index in [9.17, 15) is 0 Å². The smallest absolute Gasteiger partial charge is 0.131 e. The van der Waals surface area contributed by atoms with E-state index in [2.05, 4.69) is 36.1 Å². The van der Waals surface area contributed by atoms with Gasteiger partial charge in [-0.2, -0.15) is 0 Å². The van der Waals surface area contributed by atoms with E-state index in [1.165, 1.54) is 0 Å². The standard InChI is InChI=1S/C13H23N3O/c1-5-14-13-9-11(10(2)3)15-12(16-13)7-6-8-17-4/h9-10H,5-8H2,1-4H3,(H,14,15,16). The third-order valence-corrected chi connectivity index (χ3v) is 2.49. The average molecular weight is 237 g/mol. The summed E-state index contributed by atoms with van der Waals surface area (Å²) in [6.07, 6.45) is 1.83. The van der Waals surface area contributed by atoms with Crippen molar-refractivity contribution in [2.75, 3.05) is 25.6 Å². The molecule has 1 rings (SSSR count). The maximum Gasteiger partial charge on any atom is 0.131 e. The third-order valence-electron chi connectivity index (χ3n) is 2.49. The molecule has 1 N–H and O–H groups in total. The number of aromatic nitrogens is 2. The molecule has 17 heavy (non-hydrogen) atoms. The Kier molecular flexibility index (Phi) is 5.91. The van der Waals surface area contributed by atoms with E-state index >= 15 is 0 Å². The molecule has 0 saturated carbocycles. The molecule has 0 bridgehead atoms. The highest BCUT2D eigenvalue weighted by molar-refractivity contribution is 5.36. The highest BCUT2D eigenvalue weighted by Crippen LogP contribution is 2.16. The van der Waals surface area contributed by atoms with Crippen LogP contribution in [-0.2, 0) is 11.2 Å². The highest BCUT2D eigenvalue weighted by Gasteiger charge is 2.07. The number of nitrogens with one attached hydrogen (secondary N) is 1. The van der Waals surface area contributed by atoms with Crippen molar-refractivity contribution in [1.29, 1.82) is 0 Å². The highest BCUT2D eigenvalue weighted by atomic mass is 16.5. The molecule has 0 saturated heterocycles. The lowest BCUT2D eigenvalue weighted by atomic mass is 10.1. The van der Waals surface area contributed by atoms with Crippen molar-refractivity contribution >= 4 is 5.82 Å². The minimum absolute atomic E-state index is 0.427. The summed E-state index contributed by atoms with van der Waals surface area (Å²) in [5.41, 5.74) is 1.10. The van der Waals surface area contributed by atoms with Gasteiger partial charge in [0, 0.05) is 38.4 Å². The first-order valence-electron chi connectivity index (χ1n) is 6.28. The van der Waals surface area contributed by atoms with Gasteiger partial charge >= 0.3 is 0 Å². The number of rotatable bonds is 7. The summed E-state index contributed by atoms with van der Waals surface area (Å²) in [7, 11) is 1.72. The Balaban J connectivity index is 2.79. The maximum absolute atomic E-state index is 5.05. The number of hydrogen-bond donors (Lipinski definition) is 1. The second kappa shape index (κ2) is 7.22. The molecule has 0 aromatic carbocycles. The quantitative estimate of drug-likeness (QED) is 0.740. The fourth-order valence-corrected chi connectivity index (χ4v) is 1.57. The van der Waals surface area contributed by atoms with Crippen molar-refractivity contribution in [3.63, 3.8) is 0 Å². The van der Waals surface area contributed by atoms with E-state index in [0.29, 0.717) is 5.92 Å². The molecule has 0 aliphatic carbocycles. The number of hydrogen-bond acceptors (Lipinski definition) is 4. The van der Waals surface area contributed by atoms with Crippen molar-refractivity contribution in [3.05, 3.63) is 17.6 Å². The minimum Gasteiger partial charge on any atom is -0.385 e. The number of aryl methyl sites for hydroxylation is 1. The number of anilines is 1. The number of nitrogens with zero attached hydrogens (tertiary/aromatic N) is 2. The predicted octanol–water partition coefficient (Wildman–Crippen LogP) is 2.61. The molecule has 0 aliphatic rings. The lowest BCUT2D eigenvalue weighted by molar-refractivity contribution is 0.194. The monoisotopic (exact) mass is 237 g/mol.